The maximum absolute atomic E-state index is 12.8. The summed E-state index contributed by atoms with van der Waals surface area (Å²) >= 11 is 6.03. The Hall–Kier alpha value is -1.49. The first kappa shape index (κ1) is 14.9. The summed E-state index contributed by atoms with van der Waals surface area (Å²) in [6, 6.07) is 10.1. The summed E-state index contributed by atoms with van der Waals surface area (Å²) in [6.45, 7) is 2.24. The van der Waals surface area contributed by atoms with E-state index in [-0.39, 0.29) is 11.9 Å². The van der Waals surface area contributed by atoms with Crippen molar-refractivity contribution in [1.82, 2.24) is 10.3 Å². The van der Waals surface area contributed by atoms with E-state index in [2.05, 4.69) is 10.3 Å². The van der Waals surface area contributed by atoms with E-state index in [4.69, 9.17) is 11.6 Å². The topological polar surface area (TPSA) is 45.1 Å². The molecule has 0 spiro atoms. The fraction of sp³-hybridized carbons (Fsp3) is 0.267. The third kappa shape index (κ3) is 3.76. The van der Waals surface area contributed by atoms with E-state index in [0.29, 0.717) is 17.1 Å². The molecule has 1 aromatic heterocycles. The molecule has 0 aliphatic heterocycles. The van der Waals surface area contributed by atoms with Crippen LogP contribution >= 0.6 is 11.6 Å². The van der Waals surface area contributed by atoms with Gasteiger partial charge in [0.25, 0.3) is 0 Å². The Labute approximate surface area is 122 Å². The van der Waals surface area contributed by atoms with Gasteiger partial charge in [-0.1, -0.05) is 29.8 Å². The lowest BCUT2D eigenvalue weighted by Gasteiger charge is -2.17. The molecular weight excluding hydrogens is 279 g/mol. The minimum atomic E-state index is -0.702. The molecule has 20 heavy (non-hydrogen) atoms. The normalized spacial score (nSPS) is 14.0. The van der Waals surface area contributed by atoms with Crippen LogP contribution in [0.3, 0.4) is 0 Å². The van der Waals surface area contributed by atoms with Crippen molar-refractivity contribution in [2.45, 2.75) is 19.1 Å². The van der Waals surface area contributed by atoms with Crippen molar-refractivity contribution in [2.24, 2.45) is 0 Å². The van der Waals surface area contributed by atoms with E-state index >= 15 is 0 Å². The molecule has 2 aromatic rings. The van der Waals surface area contributed by atoms with Crippen LogP contribution in [0.2, 0.25) is 5.02 Å². The molecule has 1 aromatic carbocycles. The zero-order valence-corrected chi connectivity index (χ0v) is 11.8. The molecule has 2 atom stereocenters. The lowest BCUT2D eigenvalue weighted by atomic mass is 10.1. The average molecular weight is 295 g/mol. The highest BCUT2D eigenvalue weighted by molar-refractivity contribution is 6.31. The van der Waals surface area contributed by atoms with Crippen molar-refractivity contribution in [1.29, 1.82) is 0 Å². The minimum absolute atomic E-state index is 0.0901. The Morgan fingerprint density at radius 2 is 2.05 bits per heavy atom. The molecule has 0 bridgehead atoms. The Morgan fingerprint density at radius 1 is 1.30 bits per heavy atom. The number of benzene rings is 1. The van der Waals surface area contributed by atoms with Crippen molar-refractivity contribution in [3.63, 3.8) is 0 Å². The summed E-state index contributed by atoms with van der Waals surface area (Å²) in [7, 11) is 0. The first-order valence-corrected chi connectivity index (χ1v) is 6.73. The van der Waals surface area contributed by atoms with E-state index in [1.165, 1.54) is 12.3 Å². The summed E-state index contributed by atoms with van der Waals surface area (Å²) in [5.74, 6) is -0.364. The second-order valence-electron chi connectivity index (χ2n) is 4.57. The van der Waals surface area contributed by atoms with Gasteiger partial charge in [0.15, 0.2) is 0 Å². The third-order valence-corrected chi connectivity index (χ3v) is 3.42. The summed E-state index contributed by atoms with van der Waals surface area (Å²) < 4.78 is 12.8. The van der Waals surface area contributed by atoms with Crippen LogP contribution in [0, 0.1) is 5.82 Å². The van der Waals surface area contributed by atoms with Gasteiger partial charge in [-0.2, -0.15) is 0 Å². The van der Waals surface area contributed by atoms with Crippen LogP contribution in [-0.2, 0) is 0 Å². The van der Waals surface area contributed by atoms with Gasteiger partial charge in [0.05, 0.1) is 18.0 Å². The first-order valence-electron chi connectivity index (χ1n) is 6.35. The van der Waals surface area contributed by atoms with Crippen LogP contribution in [0.15, 0.2) is 42.6 Å². The molecule has 0 aliphatic rings. The zero-order chi connectivity index (χ0) is 14.5. The molecule has 0 saturated heterocycles. The summed E-state index contributed by atoms with van der Waals surface area (Å²) in [5, 5.41) is 13.8. The molecule has 2 unspecified atom stereocenters. The number of nitrogens with zero attached hydrogens (tertiary/aromatic N) is 1. The first-order chi connectivity index (χ1) is 9.58. The maximum Gasteiger partial charge on any atom is 0.141 e. The largest absolute Gasteiger partial charge is 0.387 e. The Morgan fingerprint density at radius 3 is 2.70 bits per heavy atom. The predicted molar refractivity (Wildman–Crippen MR) is 77.0 cm³/mol. The average Bonchev–Trinajstić information content (AvgIpc) is 2.45. The fourth-order valence-electron chi connectivity index (χ4n) is 1.89. The van der Waals surface area contributed by atoms with Gasteiger partial charge in [0.1, 0.15) is 5.82 Å². The fourth-order valence-corrected chi connectivity index (χ4v) is 2.15. The number of aliphatic hydroxyl groups is 1. The molecule has 106 valence electrons. The molecule has 5 heteroatoms. The standard InChI is InChI=1S/C15H16ClFN2O/c1-10(14-7-6-11(17)8-19-14)18-9-15(20)12-4-2-3-5-13(12)16/h2-8,10,15,18,20H,9H2,1H3. The Kier molecular flexibility index (Phi) is 5.06. The third-order valence-electron chi connectivity index (χ3n) is 3.08. The molecule has 0 saturated carbocycles. The van der Waals surface area contributed by atoms with Gasteiger partial charge >= 0.3 is 0 Å². The number of nitrogens with one attached hydrogen (secondary N) is 1. The van der Waals surface area contributed by atoms with Gasteiger partial charge in [-0.25, -0.2) is 4.39 Å². The molecule has 2 N–H and O–H groups in total. The highest BCUT2D eigenvalue weighted by Crippen LogP contribution is 2.22. The number of pyridine rings is 1. The highest BCUT2D eigenvalue weighted by atomic mass is 35.5. The Bertz CT molecular complexity index is 562. The molecule has 0 aliphatic carbocycles. The summed E-state index contributed by atoms with van der Waals surface area (Å²) in [4.78, 5) is 4.00. The predicted octanol–water partition coefficient (Wildman–Crippen LogP) is 3.26. The van der Waals surface area contributed by atoms with E-state index < -0.39 is 6.10 Å². The van der Waals surface area contributed by atoms with Crippen molar-refractivity contribution in [3.05, 3.63) is 64.7 Å². The van der Waals surface area contributed by atoms with Crippen molar-refractivity contribution >= 4 is 11.6 Å². The highest BCUT2D eigenvalue weighted by Gasteiger charge is 2.13. The zero-order valence-electron chi connectivity index (χ0n) is 11.1. The van der Waals surface area contributed by atoms with E-state index in [9.17, 15) is 9.50 Å². The van der Waals surface area contributed by atoms with Crippen LogP contribution in [-0.4, -0.2) is 16.6 Å². The van der Waals surface area contributed by atoms with Crippen LogP contribution in [0.25, 0.3) is 0 Å². The van der Waals surface area contributed by atoms with Gasteiger partial charge in [-0.3, -0.25) is 4.98 Å². The number of hydrogen-bond acceptors (Lipinski definition) is 3. The lowest BCUT2D eigenvalue weighted by molar-refractivity contribution is 0.170. The molecule has 1 heterocycles. The number of halogens is 2. The number of aromatic nitrogens is 1. The molecule has 0 radical (unpaired) electrons. The summed E-state index contributed by atoms with van der Waals surface area (Å²) in [6.07, 6.45) is 0.476. The van der Waals surface area contributed by atoms with E-state index in [1.54, 1.807) is 18.2 Å². The van der Waals surface area contributed by atoms with Gasteiger partial charge in [0, 0.05) is 23.2 Å². The van der Waals surface area contributed by atoms with Gasteiger partial charge in [-0.05, 0) is 25.1 Å². The molecular formula is C15H16ClFN2O. The monoisotopic (exact) mass is 294 g/mol. The van der Waals surface area contributed by atoms with Crippen LogP contribution in [0.4, 0.5) is 4.39 Å². The second-order valence-corrected chi connectivity index (χ2v) is 4.98. The van der Waals surface area contributed by atoms with Crippen LogP contribution < -0.4 is 5.32 Å². The van der Waals surface area contributed by atoms with Crippen molar-refractivity contribution in [3.8, 4) is 0 Å². The van der Waals surface area contributed by atoms with E-state index in [1.807, 2.05) is 19.1 Å². The molecule has 0 amide bonds. The van der Waals surface area contributed by atoms with Crippen molar-refractivity contribution < 1.29 is 9.50 Å². The maximum atomic E-state index is 12.8. The number of hydrogen-bond donors (Lipinski definition) is 2. The van der Waals surface area contributed by atoms with E-state index in [0.717, 1.165) is 5.69 Å². The number of rotatable bonds is 5. The molecule has 3 nitrogen and oxygen atoms in total. The smallest absolute Gasteiger partial charge is 0.141 e. The second kappa shape index (κ2) is 6.79. The van der Waals surface area contributed by atoms with Gasteiger partial charge in [-0.15, -0.1) is 0 Å². The quantitative estimate of drug-likeness (QED) is 0.890. The van der Waals surface area contributed by atoms with Crippen LogP contribution in [0.1, 0.15) is 30.3 Å². The van der Waals surface area contributed by atoms with Gasteiger partial charge in [0.2, 0.25) is 0 Å². The summed E-state index contributed by atoms with van der Waals surface area (Å²) in [5.41, 5.74) is 1.40. The minimum Gasteiger partial charge on any atom is -0.387 e. The SMILES string of the molecule is CC(NCC(O)c1ccccc1Cl)c1ccc(F)cn1. The number of aliphatic hydroxyl groups excluding tert-OH is 1. The van der Waals surface area contributed by atoms with Crippen LogP contribution in [0.5, 0.6) is 0 Å². The Balaban J connectivity index is 1.95. The van der Waals surface area contributed by atoms with Gasteiger partial charge < -0.3 is 10.4 Å². The molecule has 2 rings (SSSR count). The lowest BCUT2D eigenvalue weighted by Crippen LogP contribution is -2.25. The molecule has 0 fully saturated rings. The van der Waals surface area contributed by atoms with Crippen molar-refractivity contribution in [2.75, 3.05) is 6.54 Å².